The van der Waals surface area contributed by atoms with Crippen molar-refractivity contribution in [3.8, 4) is 0 Å². The maximum atomic E-state index is 12.9. The van der Waals surface area contributed by atoms with E-state index in [9.17, 15) is 18.0 Å². The van der Waals surface area contributed by atoms with Gasteiger partial charge in [-0.3, -0.25) is 14.6 Å². The van der Waals surface area contributed by atoms with Crippen LogP contribution in [0.1, 0.15) is 33.0 Å². The third-order valence-electron chi connectivity index (χ3n) is 4.34. The molecule has 2 aromatic heterocycles. The predicted octanol–water partition coefficient (Wildman–Crippen LogP) is 1.79. The molecular formula is C17H19N3O4S2. The smallest absolute Gasteiger partial charge is 0.261 e. The molecule has 9 heteroatoms. The summed E-state index contributed by atoms with van der Waals surface area (Å²) in [5.41, 5.74) is 0.356. The fourth-order valence-electron chi connectivity index (χ4n) is 2.94. The zero-order valence-electron chi connectivity index (χ0n) is 14.2. The van der Waals surface area contributed by atoms with Crippen LogP contribution in [0.4, 0.5) is 0 Å². The van der Waals surface area contributed by atoms with Gasteiger partial charge in [0.25, 0.3) is 5.91 Å². The molecule has 0 aromatic carbocycles. The van der Waals surface area contributed by atoms with Gasteiger partial charge in [0, 0.05) is 37.6 Å². The lowest BCUT2D eigenvalue weighted by atomic mass is 9.93. The Balaban J connectivity index is 1.79. The van der Waals surface area contributed by atoms with Gasteiger partial charge in [-0.1, -0.05) is 6.07 Å². The van der Waals surface area contributed by atoms with E-state index in [4.69, 9.17) is 0 Å². The maximum absolute atomic E-state index is 12.9. The van der Waals surface area contributed by atoms with Gasteiger partial charge in [0.05, 0.1) is 9.77 Å². The molecule has 1 unspecified atom stereocenters. The van der Waals surface area contributed by atoms with Gasteiger partial charge in [-0.25, -0.2) is 8.42 Å². The highest BCUT2D eigenvalue weighted by Crippen LogP contribution is 2.28. The van der Waals surface area contributed by atoms with Crippen LogP contribution < -0.4 is 5.32 Å². The van der Waals surface area contributed by atoms with Crippen LogP contribution in [0.5, 0.6) is 0 Å². The van der Waals surface area contributed by atoms with Crippen molar-refractivity contribution in [2.75, 3.05) is 20.1 Å². The summed E-state index contributed by atoms with van der Waals surface area (Å²) < 4.78 is 27.1. The number of amides is 1. The Morgan fingerprint density at radius 2 is 2.15 bits per heavy atom. The van der Waals surface area contributed by atoms with Crippen LogP contribution in [0.15, 0.2) is 40.7 Å². The third kappa shape index (κ3) is 3.69. The molecule has 1 fully saturated rings. The van der Waals surface area contributed by atoms with Crippen molar-refractivity contribution in [1.82, 2.24) is 14.6 Å². The van der Waals surface area contributed by atoms with Crippen LogP contribution >= 0.6 is 11.3 Å². The first-order valence-corrected chi connectivity index (χ1v) is 10.5. The lowest BCUT2D eigenvalue weighted by Gasteiger charge is -2.30. The zero-order valence-corrected chi connectivity index (χ0v) is 15.8. The molecule has 1 aliphatic heterocycles. The number of hydrogen-bond acceptors (Lipinski definition) is 6. The van der Waals surface area contributed by atoms with E-state index in [1.165, 1.54) is 22.8 Å². The Morgan fingerprint density at radius 3 is 2.85 bits per heavy atom. The molecule has 3 rings (SSSR count). The summed E-state index contributed by atoms with van der Waals surface area (Å²) in [6.45, 7) is 0.488. The van der Waals surface area contributed by atoms with Gasteiger partial charge in [-0.15, -0.1) is 11.3 Å². The molecule has 3 heterocycles. The monoisotopic (exact) mass is 393 g/mol. The van der Waals surface area contributed by atoms with Crippen molar-refractivity contribution in [3.05, 3.63) is 46.4 Å². The van der Waals surface area contributed by atoms with Crippen molar-refractivity contribution < 1.29 is 18.0 Å². The van der Waals surface area contributed by atoms with Crippen LogP contribution in [0.2, 0.25) is 0 Å². The Labute approximate surface area is 156 Å². The summed E-state index contributed by atoms with van der Waals surface area (Å²) >= 11 is 1.08. The summed E-state index contributed by atoms with van der Waals surface area (Å²) in [6.07, 6.45) is 2.79. The Bertz CT molecular complexity index is 909. The summed E-state index contributed by atoms with van der Waals surface area (Å²) in [5, 5.41) is 3.94. The molecule has 1 atom stereocenters. The molecule has 0 bridgehead atoms. The second-order valence-corrected chi connectivity index (χ2v) is 8.86. The van der Waals surface area contributed by atoms with Gasteiger partial charge >= 0.3 is 0 Å². The number of carbonyl (C=O) groups excluding carboxylic acids is 2. The molecule has 0 saturated carbocycles. The van der Waals surface area contributed by atoms with Crippen molar-refractivity contribution in [3.63, 3.8) is 0 Å². The molecule has 1 amide bonds. The minimum Gasteiger partial charge on any atom is -0.354 e. The molecule has 0 radical (unpaired) electrons. The number of pyridine rings is 1. The molecule has 0 aliphatic carbocycles. The van der Waals surface area contributed by atoms with E-state index < -0.39 is 15.9 Å². The molecule has 7 nitrogen and oxygen atoms in total. The lowest BCUT2D eigenvalue weighted by molar-refractivity contribution is 0.0866. The second-order valence-electron chi connectivity index (χ2n) is 6.01. The van der Waals surface area contributed by atoms with Crippen molar-refractivity contribution >= 4 is 33.1 Å². The normalized spacial score (nSPS) is 18.4. The van der Waals surface area contributed by atoms with Crippen LogP contribution in [-0.2, 0) is 10.0 Å². The minimum atomic E-state index is -3.74. The number of sulfonamides is 1. The first-order chi connectivity index (χ1) is 12.4. The Hall–Kier alpha value is -2.10. The van der Waals surface area contributed by atoms with Crippen molar-refractivity contribution in [1.29, 1.82) is 0 Å². The molecule has 0 spiro atoms. The molecule has 26 heavy (non-hydrogen) atoms. The summed E-state index contributed by atoms with van der Waals surface area (Å²) in [4.78, 5) is 28.8. The van der Waals surface area contributed by atoms with E-state index >= 15 is 0 Å². The zero-order chi connectivity index (χ0) is 18.7. The Morgan fingerprint density at radius 1 is 1.35 bits per heavy atom. The third-order valence-corrected chi connectivity index (χ3v) is 7.26. The largest absolute Gasteiger partial charge is 0.354 e. The summed E-state index contributed by atoms with van der Waals surface area (Å²) in [6, 6.07) is 6.49. The predicted molar refractivity (Wildman–Crippen MR) is 97.8 cm³/mol. The number of hydrogen-bond donors (Lipinski definition) is 1. The average Bonchev–Trinajstić information content (AvgIpc) is 3.18. The summed E-state index contributed by atoms with van der Waals surface area (Å²) in [7, 11) is -2.25. The number of rotatable bonds is 5. The molecule has 2 aromatic rings. The van der Waals surface area contributed by atoms with Gasteiger partial charge in [0.1, 0.15) is 5.69 Å². The Kier molecular flexibility index (Phi) is 5.49. The second kappa shape index (κ2) is 7.65. The highest BCUT2D eigenvalue weighted by molar-refractivity contribution is 7.89. The average molecular weight is 393 g/mol. The topological polar surface area (TPSA) is 96.4 Å². The molecule has 1 N–H and O–H groups in total. The van der Waals surface area contributed by atoms with Gasteiger partial charge < -0.3 is 5.32 Å². The summed E-state index contributed by atoms with van der Waals surface area (Å²) in [5.74, 6) is -0.870. The number of ketones is 1. The number of aromatic nitrogens is 1. The van der Waals surface area contributed by atoms with E-state index in [0.29, 0.717) is 30.0 Å². The first kappa shape index (κ1) is 18.7. The molecule has 1 aliphatic rings. The number of piperidine rings is 1. The molecule has 138 valence electrons. The fourth-order valence-corrected chi connectivity index (χ4v) is 5.67. The van der Waals surface area contributed by atoms with Gasteiger partial charge in [-0.2, -0.15) is 4.31 Å². The van der Waals surface area contributed by atoms with Crippen LogP contribution in [-0.4, -0.2) is 49.5 Å². The van der Waals surface area contributed by atoms with Crippen molar-refractivity contribution in [2.45, 2.75) is 17.7 Å². The van der Waals surface area contributed by atoms with E-state index in [1.54, 1.807) is 24.4 Å². The van der Waals surface area contributed by atoms with E-state index in [-0.39, 0.29) is 23.1 Å². The maximum Gasteiger partial charge on any atom is 0.261 e. The molecular weight excluding hydrogens is 374 g/mol. The number of thiophene rings is 1. The van der Waals surface area contributed by atoms with Crippen LogP contribution in [0.25, 0.3) is 0 Å². The van der Waals surface area contributed by atoms with Crippen LogP contribution in [0, 0.1) is 5.92 Å². The minimum absolute atomic E-state index is 0.0898. The van der Waals surface area contributed by atoms with Gasteiger partial charge in [0.15, 0.2) is 5.78 Å². The fraction of sp³-hybridized carbons (Fsp3) is 0.353. The highest BCUT2D eigenvalue weighted by atomic mass is 32.2. The first-order valence-electron chi connectivity index (χ1n) is 8.19. The quantitative estimate of drug-likeness (QED) is 0.781. The number of carbonyl (C=O) groups is 2. The SMILES string of the molecule is CNC(=O)c1cc(S(=O)(=O)N2CCCC(C(=O)c3ccccn3)C2)cs1. The van der Waals surface area contributed by atoms with Crippen LogP contribution in [0.3, 0.4) is 0 Å². The van der Waals surface area contributed by atoms with E-state index in [0.717, 1.165) is 11.3 Å². The number of nitrogens with zero attached hydrogens (tertiary/aromatic N) is 2. The number of nitrogens with one attached hydrogen (secondary N) is 1. The highest BCUT2D eigenvalue weighted by Gasteiger charge is 2.34. The van der Waals surface area contributed by atoms with E-state index in [1.807, 2.05) is 0 Å². The van der Waals surface area contributed by atoms with Crippen molar-refractivity contribution in [2.24, 2.45) is 5.92 Å². The van der Waals surface area contributed by atoms with Gasteiger partial charge in [-0.05, 0) is 31.0 Å². The lowest BCUT2D eigenvalue weighted by Crippen LogP contribution is -2.42. The standard InChI is InChI=1S/C17H19N3O4S2/c1-18-17(22)15-9-13(11-25-15)26(23,24)20-8-4-5-12(10-20)16(21)14-6-2-3-7-19-14/h2-3,6-7,9,11-12H,4-5,8,10H2,1H3,(H,18,22). The van der Waals surface area contributed by atoms with E-state index in [2.05, 4.69) is 10.3 Å². The van der Waals surface area contributed by atoms with Gasteiger partial charge in [0.2, 0.25) is 10.0 Å². The number of Topliss-reactive ketones (excluding diaryl/α,β-unsaturated/α-hetero) is 1. The molecule has 1 saturated heterocycles.